The predicted octanol–water partition coefficient (Wildman–Crippen LogP) is 1.49. The summed E-state index contributed by atoms with van der Waals surface area (Å²) in [4.78, 5) is 24.2. The number of nitrogens with one attached hydrogen (secondary N) is 1. The second-order valence-electron chi connectivity index (χ2n) is 5.60. The molecule has 1 atom stereocenters. The van der Waals surface area contributed by atoms with Gasteiger partial charge in [-0.25, -0.2) is 13.6 Å². The van der Waals surface area contributed by atoms with Crippen molar-refractivity contribution in [2.75, 3.05) is 13.1 Å². The standard InChI is InChI=1S/C14H11F2NO3/c15-14(16)4-9(14)11(18)7-2-1-3-8-10(7)12(19)20-13(8)5-17-6-13/h1-3,9,17H,4-6H2. The fourth-order valence-electron chi connectivity index (χ4n) is 2.94. The lowest BCUT2D eigenvalue weighted by Crippen LogP contribution is -2.56. The zero-order valence-electron chi connectivity index (χ0n) is 10.4. The fourth-order valence-corrected chi connectivity index (χ4v) is 2.94. The van der Waals surface area contributed by atoms with E-state index < -0.39 is 35.6 Å². The first-order valence-corrected chi connectivity index (χ1v) is 6.44. The molecule has 0 aromatic heterocycles. The lowest BCUT2D eigenvalue weighted by Gasteiger charge is -2.38. The monoisotopic (exact) mass is 279 g/mol. The smallest absolute Gasteiger partial charge is 0.340 e. The topological polar surface area (TPSA) is 55.4 Å². The number of halogens is 2. The largest absolute Gasteiger partial charge is 0.448 e. The molecule has 1 aromatic rings. The van der Waals surface area contributed by atoms with Gasteiger partial charge in [-0.1, -0.05) is 18.2 Å². The number of ketones is 1. The van der Waals surface area contributed by atoms with Crippen molar-refractivity contribution in [3.05, 3.63) is 34.9 Å². The molecule has 1 spiro atoms. The Morgan fingerprint density at radius 3 is 2.60 bits per heavy atom. The van der Waals surface area contributed by atoms with E-state index in [1.807, 2.05) is 0 Å². The number of carbonyl (C=O) groups excluding carboxylic acids is 2. The molecule has 2 fully saturated rings. The van der Waals surface area contributed by atoms with Gasteiger partial charge in [-0.15, -0.1) is 0 Å². The zero-order valence-corrected chi connectivity index (χ0v) is 10.4. The van der Waals surface area contributed by atoms with Crippen LogP contribution in [0.5, 0.6) is 0 Å². The van der Waals surface area contributed by atoms with E-state index in [9.17, 15) is 18.4 Å². The number of carbonyl (C=O) groups is 2. The third-order valence-corrected chi connectivity index (χ3v) is 4.28. The number of benzene rings is 1. The molecule has 20 heavy (non-hydrogen) atoms. The average Bonchev–Trinajstić information content (AvgIpc) is 2.88. The highest BCUT2D eigenvalue weighted by Crippen LogP contribution is 2.51. The van der Waals surface area contributed by atoms with E-state index in [2.05, 4.69) is 5.32 Å². The summed E-state index contributed by atoms with van der Waals surface area (Å²) in [5, 5.41) is 3.02. The molecule has 0 amide bonds. The minimum Gasteiger partial charge on any atom is -0.448 e. The van der Waals surface area contributed by atoms with Crippen molar-refractivity contribution < 1.29 is 23.1 Å². The Morgan fingerprint density at radius 1 is 1.35 bits per heavy atom. The molecule has 4 nitrogen and oxygen atoms in total. The van der Waals surface area contributed by atoms with Gasteiger partial charge in [-0.2, -0.15) is 0 Å². The third kappa shape index (κ3) is 1.37. The molecule has 0 radical (unpaired) electrons. The first-order chi connectivity index (χ1) is 9.45. The van der Waals surface area contributed by atoms with Gasteiger partial charge in [-0.05, 0) is 0 Å². The van der Waals surface area contributed by atoms with Crippen LogP contribution in [-0.2, 0) is 10.3 Å². The van der Waals surface area contributed by atoms with E-state index in [4.69, 9.17) is 4.74 Å². The lowest BCUT2D eigenvalue weighted by atomic mass is 9.84. The molecular weight excluding hydrogens is 268 g/mol. The summed E-state index contributed by atoms with van der Waals surface area (Å²) in [6.07, 6.45) is -0.433. The van der Waals surface area contributed by atoms with Crippen molar-refractivity contribution in [3.8, 4) is 0 Å². The van der Waals surface area contributed by atoms with Crippen molar-refractivity contribution in [2.24, 2.45) is 5.92 Å². The molecule has 2 aliphatic heterocycles. The Hall–Kier alpha value is -1.82. The Labute approximate surface area is 113 Å². The molecule has 2 heterocycles. The fraction of sp³-hybridized carbons (Fsp3) is 0.429. The molecule has 1 N–H and O–H groups in total. The maximum absolute atomic E-state index is 13.1. The number of fused-ring (bicyclic) bond motifs is 2. The first kappa shape index (κ1) is 12.0. The number of alkyl halides is 2. The predicted molar refractivity (Wildman–Crippen MR) is 63.8 cm³/mol. The van der Waals surface area contributed by atoms with Crippen molar-refractivity contribution in [1.29, 1.82) is 0 Å². The molecular formula is C14H11F2NO3. The van der Waals surface area contributed by atoms with Crippen LogP contribution in [0.2, 0.25) is 0 Å². The molecule has 6 heteroatoms. The van der Waals surface area contributed by atoms with E-state index in [1.54, 1.807) is 12.1 Å². The minimum atomic E-state index is -2.93. The Kier molecular flexibility index (Phi) is 2.05. The van der Waals surface area contributed by atoms with E-state index >= 15 is 0 Å². The minimum absolute atomic E-state index is 0.0680. The number of esters is 1. The van der Waals surface area contributed by atoms with Gasteiger partial charge in [0.1, 0.15) is 0 Å². The third-order valence-electron chi connectivity index (χ3n) is 4.28. The first-order valence-electron chi connectivity index (χ1n) is 6.44. The second-order valence-corrected chi connectivity index (χ2v) is 5.60. The van der Waals surface area contributed by atoms with Gasteiger partial charge in [0, 0.05) is 30.6 Å². The molecule has 4 rings (SSSR count). The summed E-state index contributed by atoms with van der Waals surface area (Å²) in [5.41, 5.74) is 0.158. The zero-order chi connectivity index (χ0) is 14.1. The normalized spacial score (nSPS) is 27.7. The molecule has 1 unspecified atom stereocenters. The van der Waals surface area contributed by atoms with E-state index in [1.165, 1.54) is 6.07 Å². The van der Waals surface area contributed by atoms with Crippen molar-refractivity contribution >= 4 is 11.8 Å². The summed E-state index contributed by atoms with van der Waals surface area (Å²) >= 11 is 0. The van der Waals surface area contributed by atoms with Crippen LogP contribution in [0, 0.1) is 5.92 Å². The molecule has 3 aliphatic rings. The highest BCUT2D eigenvalue weighted by molar-refractivity contribution is 6.10. The van der Waals surface area contributed by atoms with Gasteiger partial charge in [0.25, 0.3) is 5.92 Å². The summed E-state index contributed by atoms with van der Waals surface area (Å²) in [7, 11) is 0. The van der Waals surface area contributed by atoms with Crippen LogP contribution in [0.4, 0.5) is 8.78 Å². The van der Waals surface area contributed by atoms with Crippen LogP contribution in [0.3, 0.4) is 0 Å². The van der Waals surface area contributed by atoms with E-state index in [-0.39, 0.29) is 11.1 Å². The highest BCUT2D eigenvalue weighted by Gasteiger charge is 2.62. The van der Waals surface area contributed by atoms with Gasteiger partial charge in [0.05, 0.1) is 11.5 Å². The quantitative estimate of drug-likeness (QED) is 0.658. The maximum atomic E-state index is 13.1. The van der Waals surface area contributed by atoms with Crippen LogP contribution >= 0.6 is 0 Å². The number of ether oxygens (including phenoxy) is 1. The number of Topliss-reactive ketones (excluding diaryl/α,β-unsaturated/α-hetero) is 1. The van der Waals surface area contributed by atoms with Crippen LogP contribution in [0.15, 0.2) is 18.2 Å². The van der Waals surface area contributed by atoms with Gasteiger partial charge < -0.3 is 10.1 Å². The van der Waals surface area contributed by atoms with Gasteiger partial charge in [-0.3, -0.25) is 4.79 Å². The van der Waals surface area contributed by atoms with Gasteiger partial charge in [0.15, 0.2) is 11.4 Å². The molecule has 1 aliphatic carbocycles. The van der Waals surface area contributed by atoms with Crippen LogP contribution in [-0.4, -0.2) is 30.8 Å². The highest BCUT2D eigenvalue weighted by atomic mass is 19.3. The number of hydrogen-bond acceptors (Lipinski definition) is 4. The van der Waals surface area contributed by atoms with Crippen molar-refractivity contribution in [3.63, 3.8) is 0 Å². The summed E-state index contributed by atoms with van der Waals surface area (Å²) < 4.78 is 31.5. The molecule has 1 aromatic carbocycles. The van der Waals surface area contributed by atoms with Crippen LogP contribution < -0.4 is 5.32 Å². The molecule has 1 saturated carbocycles. The number of hydrogen-bond donors (Lipinski definition) is 1. The van der Waals surface area contributed by atoms with Crippen molar-refractivity contribution in [1.82, 2.24) is 5.32 Å². The Balaban J connectivity index is 1.80. The SMILES string of the molecule is O=C1OC2(CNC2)c2cccc(C(=O)C3CC3(F)F)c21. The van der Waals surface area contributed by atoms with Crippen molar-refractivity contribution in [2.45, 2.75) is 17.9 Å². The lowest BCUT2D eigenvalue weighted by molar-refractivity contribution is -0.0369. The van der Waals surface area contributed by atoms with Gasteiger partial charge in [0.2, 0.25) is 0 Å². The van der Waals surface area contributed by atoms with Gasteiger partial charge >= 0.3 is 5.97 Å². The molecule has 104 valence electrons. The summed E-state index contributed by atoms with van der Waals surface area (Å²) in [6, 6.07) is 4.78. The average molecular weight is 279 g/mol. The van der Waals surface area contributed by atoms with Crippen LogP contribution in [0.25, 0.3) is 0 Å². The Morgan fingerprint density at radius 2 is 2.05 bits per heavy atom. The maximum Gasteiger partial charge on any atom is 0.340 e. The molecule has 1 saturated heterocycles. The second kappa shape index (κ2) is 3.44. The van der Waals surface area contributed by atoms with E-state index in [0.29, 0.717) is 18.7 Å². The Bertz CT molecular complexity index is 652. The number of rotatable bonds is 2. The summed E-state index contributed by atoms with van der Waals surface area (Å²) in [6.45, 7) is 0.978. The van der Waals surface area contributed by atoms with Crippen LogP contribution in [0.1, 0.15) is 32.7 Å². The molecule has 0 bridgehead atoms. The summed E-state index contributed by atoms with van der Waals surface area (Å²) in [5.74, 6) is -5.47. The van der Waals surface area contributed by atoms with E-state index in [0.717, 1.165) is 0 Å².